The zero-order valence-corrected chi connectivity index (χ0v) is 17.6. The van der Waals surface area contributed by atoms with Gasteiger partial charge in [-0.2, -0.15) is 0 Å². The van der Waals surface area contributed by atoms with E-state index in [0.717, 1.165) is 4.88 Å². The highest BCUT2D eigenvalue weighted by Crippen LogP contribution is 2.40. The molecule has 3 aromatic rings. The van der Waals surface area contributed by atoms with Gasteiger partial charge in [0.15, 0.2) is 0 Å². The van der Waals surface area contributed by atoms with E-state index in [1.807, 2.05) is 17.5 Å². The quantitative estimate of drug-likeness (QED) is 0.424. The number of methoxy groups -OCH3 is 1. The molecular weight excluding hydrogens is 414 g/mol. The van der Waals surface area contributed by atoms with Crippen LogP contribution in [-0.2, 0) is 16.0 Å². The monoisotopic (exact) mass is 435 g/mol. The zero-order valence-electron chi connectivity index (χ0n) is 16.8. The minimum atomic E-state index is -0.257. The second kappa shape index (κ2) is 9.03. The molecule has 31 heavy (non-hydrogen) atoms. The third-order valence-corrected chi connectivity index (χ3v) is 5.71. The maximum absolute atomic E-state index is 12.7. The van der Waals surface area contributed by atoms with Gasteiger partial charge in [0.05, 0.1) is 31.4 Å². The van der Waals surface area contributed by atoms with Gasteiger partial charge in [-0.25, -0.2) is 0 Å². The van der Waals surface area contributed by atoms with E-state index in [2.05, 4.69) is 15.6 Å². The Labute approximate surface area is 183 Å². The lowest BCUT2D eigenvalue weighted by Gasteiger charge is -2.13. The molecular formula is C23H21N3O4S. The van der Waals surface area contributed by atoms with E-state index in [9.17, 15) is 14.7 Å². The number of aromatic nitrogens is 1. The van der Waals surface area contributed by atoms with Crippen LogP contribution in [0.4, 0.5) is 11.4 Å². The Morgan fingerprint density at radius 2 is 2.16 bits per heavy atom. The van der Waals surface area contributed by atoms with Gasteiger partial charge < -0.3 is 25.5 Å². The molecule has 1 aromatic carbocycles. The molecule has 8 heteroatoms. The van der Waals surface area contributed by atoms with Gasteiger partial charge in [-0.1, -0.05) is 18.2 Å². The van der Waals surface area contributed by atoms with Crippen LogP contribution < -0.4 is 15.4 Å². The number of amides is 2. The van der Waals surface area contributed by atoms with Gasteiger partial charge in [0.25, 0.3) is 5.91 Å². The average molecular weight is 436 g/mol. The molecule has 0 saturated heterocycles. The van der Waals surface area contributed by atoms with E-state index in [0.29, 0.717) is 39.5 Å². The summed E-state index contributed by atoms with van der Waals surface area (Å²) in [6.45, 7) is -0.170. The van der Waals surface area contributed by atoms with Crippen molar-refractivity contribution in [2.75, 3.05) is 24.4 Å². The highest BCUT2D eigenvalue weighted by Gasteiger charge is 2.28. The number of carbonyl (C=O) groups is 2. The van der Waals surface area contributed by atoms with Gasteiger partial charge in [0, 0.05) is 33.6 Å². The number of benzene rings is 1. The van der Waals surface area contributed by atoms with Crippen LogP contribution >= 0.6 is 11.3 Å². The number of ether oxygens (including phenoxy) is 1. The number of thiophene rings is 1. The van der Waals surface area contributed by atoms with Crippen molar-refractivity contribution in [2.24, 2.45) is 0 Å². The van der Waals surface area contributed by atoms with Crippen molar-refractivity contribution in [3.8, 4) is 5.75 Å². The summed E-state index contributed by atoms with van der Waals surface area (Å²) in [5.41, 5.74) is 3.58. The third-order valence-electron chi connectivity index (χ3n) is 4.83. The first-order valence-corrected chi connectivity index (χ1v) is 10.5. The summed E-state index contributed by atoms with van der Waals surface area (Å²) < 4.78 is 5.33. The topological polar surface area (TPSA) is 103 Å². The lowest BCUT2D eigenvalue weighted by Crippen LogP contribution is -2.15. The summed E-state index contributed by atoms with van der Waals surface area (Å²) in [7, 11) is 1.56. The van der Waals surface area contributed by atoms with Crippen LogP contribution in [0.15, 0.2) is 48.0 Å². The molecule has 1 aliphatic heterocycles. The van der Waals surface area contributed by atoms with E-state index >= 15 is 0 Å². The normalized spacial score (nSPS) is 14.1. The minimum Gasteiger partial charge on any atom is -0.495 e. The standard InChI is InChI=1S/C23H21N3O4S/c1-30-20-8-9-24-19(20)13-16-22-15(5-2-10-27)17(6-7-18(22)26-23(16)29)25-21(28)12-14-4-3-11-31-14/h2-9,11,13,24,27H,10,12H2,1H3,(H,25,28)(H,26,29)/b5-2?,16-13-. The average Bonchev–Trinajstić information content (AvgIpc) is 3.49. The molecule has 4 rings (SSSR count). The smallest absolute Gasteiger partial charge is 0.256 e. The molecule has 1 aliphatic rings. The highest BCUT2D eigenvalue weighted by molar-refractivity contribution is 7.10. The number of rotatable bonds is 7. The maximum atomic E-state index is 12.7. The van der Waals surface area contributed by atoms with Crippen LogP contribution in [0.25, 0.3) is 17.7 Å². The van der Waals surface area contributed by atoms with Crippen molar-refractivity contribution in [3.05, 3.63) is 69.7 Å². The van der Waals surface area contributed by atoms with E-state index in [4.69, 9.17) is 4.74 Å². The van der Waals surface area contributed by atoms with Crippen LogP contribution in [0.5, 0.6) is 5.75 Å². The van der Waals surface area contributed by atoms with Crippen molar-refractivity contribution in [1.29, 1.82) is 0 Å². The largest absolute Gasteiger partial charge is 0.495 e. The Kier molecular flexibility index (Phi) is 6.01. The van der Waals surface area contributed by atoms with Gasteiger partial charge in [0.2, 0.25) is 5.91 Å². The summed E-state index contributed by atoms with van der Waals surface area (Å²) in [5, 5.41) is 17.1. The summed E-state index contributed by atoms with van der Waals surface area (Å²) in [6.07, 6.45) is 6.98. The number of aliphatic hydroxyl groups excluding tert-OH is 1. The Morgan fingerprint density at radius 3 is 2.90 bits per heavy atom. The summed E-state index contributed by atoms with van der Waals surface area (Å²) >= 11 is 1.52. The molecule has 0 aliphatic carbocycles. The van der Waals surface area contributed by atoms with Crippen LogP contribution in [-0.4, -0.2) is 35.6 Å². The van der Waals surface area contributed by atoms with Gasteiger partial charge >= 0.3 is 0 Å². The van der Waals surface area contributed by atoms with Crippen molar-refractivity contribution in [2.45, 2.75) is 6.42 Å². The zero-order chi connectivity index (χ0) is 21.8. The van der Waals surface area contributed by atoms with Gasteiger partial charge in [-0.05, 0) is 35.7 Å². The van der Waals surface area contributed by atoms with Crippen LogP contribution in [0.1, 0.15) is 21.7 Å². The third kappa shape index (κ3) is 4.30. The first-order chi connectivity index (χ1) is 15.1. The molecule has 0 fully saturated rings. The molecule has 2 amide bonds. The molecule has 0 unspecified atom stereocenters. The van der Waals surface area contributed by atoms with Gasteiger partial charge in [-0.3, -0.25) is 9.59 Å². The number of hydrogen-bond acceptors (Lipinski definition) is 5. The maximum Gasteiger partial charge on any atom is 0.256 e. The fraction of sp³-hybridized carbons (Fsp3) is 0.130. The van der Waals surface area contributed by atoms with E-state index < -0.39 is 0 Å². The second-order valence-electron chi connectivity index (χ2n) is 6.81. The Balaban J connectivity index is 1.76. The van der Waals surface area contributed by atoms with Crippen LogP contribution in [0.3, 0.4) is 0 Å². The number of H-pyrrole nitrogens is 1. The fourth-order valence-corrected chi connectivity index (χ4v) is 4.18. The Hall–Kier alpha value is -3.62. The number of aliphatic hydroxyl groups is 1. The number of anilines is 2. The van der Waals surface area contributed by atoms with Crippen molar-refractivity contribution < 1.29 is 19.4 Å². The molecule has 2 aromatic heterocycles. The van der Waals surface area contributed by atoms with Crippen molar-refractivity contribution in [3.63, 3.8) is 0 Å². The van der Waals surface area contributed by atoms with Crippen LogP contribution in [0.2, 0.25) is 0 Å². The van der Waals surface area contributed by atoms with Crippen LogP contribution in [0, 0.1) is 0 Å². The first kappa shape index (κ1) is 20.6. The molecule has 0 radical (unpaired) electrons. The molecule has 0 atom stereocenters. The first-order valence-electron chi connectivity index (χ1n) is 9.62. The molecule has 4 N–H and O–H groups in total. The number of nitrogens with one attached hydrogen (secondary N) is 3. The predicted octanol–water partition coefficient (Wildman–Crippen LogP) is 3.76. The molecule has 0 bridgehead atoms. The summed E-state index contributed by atoms with van der Waals surface area (Å²) in [5.74, 6) is 0.198. The van der Waals surface area contributed by atoms with Gasteiger partial charge in [0.1, 0.15) is 5.75 Å². The van der Waals surface area contributed by atoms with Crippen molar-refractivity contribution in [1.82, 2.24) is 4.98 Å². The molecule has 0 saturated carbocycles. The molecule has 3 heterocycles. The Morgan fingerprint density at radius 1 is 1.29 bits per heavy atom. The fourth-order valence-electron chi connectivity index (χ4n) is 3.48. The van der Waals surface area contributed by atoms with E-state index in [1.165, 1.54) is 11.3 Å². The lowest BCUT2D eigenvalue weighted by atomic mass is 9.97. The van der Waals surface area contributed by atoms with Gasteiger partial charge in [-0.15, -0.1) is 11.3 Å². The SMILES string of the molecule is COc1cc[nH]c1/C=C1\C(=O)Nc2ccc(NC(=O)Cc3cccs3)c(C=CCO)c21. The molecule has 7 nitrogen and oxygen atoms in total. The minimum absolute atomic E-state index is 0.158. The summed E-state index contributed by atoms with van der Waals surface area (Å²) in [6, 6.07) is 9.10. The Bertz CT molecular complexity index is 1180. The number of aromatic amines is 1. The highest BCUT2D eigenvalue weighted by atomic mass is 32.1. The van der Waals surface area contributed by atoms with E-state index in [-0.39, 0.29) is 24.8 Å². The molecule has 0 spiro atoms. The second-order valence-corrected chi connectivity index (χ2v) is 7.84. The predicted molar refractivity (Wildman–Crippen MR) is 123 cm³/mol. The van der Waals surface area contributed by atoms with Crippen molar-refractivity contribution >= 4 is 52.3 Å². The number of carbonyl (C=O) groups excluding carboxylic acids is 2. The molecule has 158 valence electrons. The summed E-state index contributed by atoms with van der Waals surface area (Å²) in [4.78, 5) is 29.4. The van der Waals surface area contributed by atoms with E-state index in [1.54, 1.807) is 49.7 Å². The lowest BCUT2D eigenvalue weighted by molar-refractivity contribution is -0.115. The number of hydrogen-bond donors (Lipinski definition) is 4. The number of fused-ring (bicyclic) bond motifs is 1.